The standard InChI is InChI=1S/C10H13.Pb/c1-10(2,3)9-7-5-4-6-8-9;/h4-7H,1-3H3;. The summed E-state index contributed by atoms with van der Waals surface area (Å²) in [5.74, 6) is 0. The molecule has 0 aliphatic rings. The van der Waals surface area contributed by atoms with Crippen LogP contribution in [0.5, 0.6) is 0 Å². The molecule has 1 heteroatoms. The first-order chi connectivity index (χ1) is 5.02. The van der Waals surface area contributed by atoms with Gasteiger partial charge in [0.15, 0.2) is 0 Å². The Bertz CT molecular complexity index is 245. The molecule has 0 saturated carbocycles. The number of benzene rings is 1. The summed E-state index contributed by atoms with van der Waals surface area (Å²) < 4.78 is 1.53. The monoisotopic (exact) mass is 341 g/mol. The molecule has 0 saturated heterocycles. The van der Waals surface area contributed by atoms with Gasteiger partial charge in [-0.05, 0) is 0 Å². The van der Waals surface area contributed by atoms with Gasteiger partial charge in [-0.3, -0.25) is 0 Å². The van der Waals surface area contributed by atoms with Crippen molar-refractivity contribution < 1.29 is 0 Å². The fourth-order valence-electron chi connectivity index (χ4n) is 1.14. The van der Waals surface area contributed by atoms with Gasteiger partial charge in [-0.15, -0.1) is 0 Å². The Kier molecular flexibility index (Phi) is 2.73. The fraction of sp³-hybridized carbons (Fsp3) is 0.400. The molecule has 0 atom stereocenters. The summed E-state index contributed by atoms with van der Waals surface area (Å²) in [7, 11) is 0. The van der Waals surface area contributed by atoms with Crippen LogP contribution in [0.2, 0.25) is 0 Å². The second-order valence-electron chi connectivity index (χ2n) is 3.80. The average molecular weight is 340 g/mol. The molecule has 0 aliphatic heterocycles. The zero-order valence-corrected chi connectivity index (χ0v) is 11.2. The van der Waals surface area contributed by atoms with Gasteiger partial charge in [-0.25, -0.2) is 0 Å². The summed E-state index contributed by atoms with van der Waals surface area (Å²) in [6, 6.07) is 8.72. The Hall–Kier alpha value is 0.142. The topological polar surface area (TPSA) is 0 Å². The molecule has 3 radical (unpaired) electrons. The minimum absolute atomic E-state index is 0.318. The van der Waals surface area contributed by atoms with Crippen molar-refractivity contribution in [3.63, 3.8) is 0 Å². The van der Waals surface area contributed by atoms with Crippen molar-refractivity contribution in [2.45, 2.75) is 26.2 Å². The quantitative estimate of drug-likeness (QED) is 0.632. The normalized spacial score (nSPS) is 11.6. The number of rotatable bonds is 0. The van der Waals surface area contributed by atoms with Crippen molar-refractivity contribution in [3.05, 3.63) is 29.8 Å². The van der Waals surface area contributed by atoms with E-state index in [1.807, 2.05) is 0 Å². The van der Waals surface area contributed by atoms with Gasteiger partial charge in [0.2, 0.25) is 0 Å². The predicted octanol–water partition coefficient (Wildman–Crippen LogP) is 1.78. The maximum atomic E-state index is 2.27. The van der Waals surface area contributed by atoms with Gasteiger partial charge < -0.3 is 0 Å². The molecule has 0 fully saturated rings. The third-order valence-electron chi connectivity index (χ3n) is 1.74. The molecule has 1 aromatic carbocycles. The molecule has 0 amide bonds. The second-order valence-corrected chi connectivity index (χ2v) is 5.89. The van der Waals surface area contributed by atoms with Crippen LogP contribution in [0.4, 0.5) is 0 Å². The van der Waals surface area contributed by atoms with Crippen molar-refractivity contribution >= 4 is 28.9 Å². The molecular formula is C10H13Pb. The van der Waals surface area contributed by atoms with Crippen molar-refractivity contribution in [3.8, 4) is 0 Å². The van der Waals surface area contributed by atoms with Crippen LogP contribution < -0.4 is 3.12 Å². The maximum absolute atomic E-state index is 2.27. The Morgan fingerprint density at radius 3 is 2.00 bits per heavy atom. The van der Waals surface area contributed by atoms with Crippen molar-refractivity contribution in [1.29, 1.82) is 0 Å². The summed E-state index contributed by atoms with van der Waals surface area (Å²) in [6.07, 6.45) is 0. The zero-order valence-electron chi connectivity index (χ0n) is 7.31. The Labute approximate surface area is 84.7 Å². The van der Waals surface area contributed by atoms with Gasteiger partial charge in [-0.1, -0.05) is 0 Å². The van der Waals surface area contributed by atoms with E-state index < -0.39 is 0 Å². The van der Waals surface area contributed by atoms with Crippen LogP contribution in [0.1, 0.15) is 26.3 Å². The van der Waals surface area contributed by atoms with Crippen molar-refractivity contribution in [2.75, 3.05) is 0 Å². The number of hydrogen-bond acceptors (Lipinski definition) is 0. The summed E-state index contributed by atoms with van der Waals surface area (Å²) >= 11 is 1.16. The average Bonchev–Trinajstić information content (AvgIpc) is 1.86. The van der Waals surface area contributed by atoms with Crippen LogP contribution in [0, 0.1) is 0 Å². The molecule has 0 unspecified atom stereocenters. The zero-order chi connectivity index (χ0) is 8.48. The van der Waals surface area contributed by atoms with Crippen LogP contribution in [-0.2, 0) is 5.41 Å². The van der Waals surface area contributed by atoms with Gasteiger partial charge in [0, 0.05) is 0 Å². The summed E-state index contributed by atoms with van der Waals surface area (Å²) in [4.78, 5) is 0. The predicted molar refractivity (Wildman–Crippen MR) is 50.5 cm³/mol. The van der Waals surface area contributed by atoms with E-state index in [1.54, 1.807) is 0 Å². The van der Waals surface area contributed by atoms with Crippen LogP contribution in [-0.4, -0.2) is 25.8 Å². The molecular weight excluding hydrogens is 327 g/mol. The summed E-state index contributed by atoms with van der Waals surface area (Å²) in [5.41, 5.74) is 1.82. The molecule has 11 heavy (non-hydrogen) atoms. The Morgan fingerprint density at radius 2 is 1.64 bits per heavy atom. The van der Waals surface area contributed by atoms with Crippen LogP contribution in [0.15, 0.2) is 24.3 Å². The van der Waals surface area contributed by atoms with E-state index in [1.165, 1.54) is 8.69 Å². The molecule has 1 rings (SSSR count). The minimum atomic E-state index is 0.318. The summed E-state index contributed by atoms with van der Waals surface area (Å²) in [6.45, 7) is 6.80. The van der Waals surface area contributed by atoms with Crippen LogP contribution >= 0.6 is 0 Å². The Morgan fingerprint density at radius 1 is 1.09 bits per heavy atom. The van der Waals surface area contributed by atoms with E-state index >= 15 is 0 Å². The molecule has 1 aromatic rings. The third-order valence-corrected chi connectivity index (χ3v) is 3.43. The number of hydrogen-bond donors (Lipinski definition) is 0. The first-order valence-electron chi connectivity index (χ1n) is 3.83. The Balaban J connectivity index is 3.14. The van der Waals surface area contributed by atoms with Crippen molar-refractivity contribution in [2.24, 2.45) is 0 Å². The van der Waals surface area contributed by atoms with E-state index in [9.17, 15) is 0 Å². The molecule has 0 N–H and O–H groups in total. The van der Waals surface area contributed by atoms with Gasteiger partial charge in [0.25, 0.3) is 0 Å². The first-order valence-corrected chi connectivity index (χ1v) is 5.77. The van der Waals surface area contributed by atoms with Gasteiger partial charge in [0.1, 0.15) is 0 Å². The second kappa shape index (κ2) is 3.25. The molecule has 57 valence electrons. The SMILES string of the molecule is CC(C)(C)c1cccc[c]1[Pb]. The molecule has 0 aliphatic carbocycles. The van der Waals surface area contributed by atoms with Crippen LogP contribution in [0.25, 0.3) is 0 Å². The van der Waals surface area contributed by atoms with Gasteiger partial charge in [0.05, 0.1) is 0 Å². The van der Waals surface area contributed by atoms with E-state index in [0.29, 0.717) is 5.41 Å². The third kappa shape index (κ3) is 2.29. The van der Waals surface area contributed by atoms with Crippen molar-refractivity contribution in [1.82, 2.24) is 0 Å². The fourth-order valence-corrected chi connectivity index (χ4v) is 3.29. The van der Waals surface area contributed by atoms with Crippen LogP contribution in [0.3, 0.4) is 0 Å². The first kappa shape index (κ1) is 9.23. The van der Waals surface area contributed by atoms with E-state index in [2.05, 4.69) is 45.0 Å². The molecule has 0 nitrogen and oxygen atoms in total. The molecule has 0 aromatic heterocycles. The van der Waals surface area contributed by atoms with Gasteiger partial charge >= 0.3 is 84.9 Å². The van der Waals surface area contributed by atoms with E-state index in [4.69, 9.17) is 0 Å². The summed E-state index contributed by atoms with van der Waals surface area (Å²) in [5, 5.41) is 0. The van der Waals surface area contributed by atoms with E-state index in [0.717, 1.165) is 25.8 Å². The molecule has 0 bridgehead atoms. The molecule has 0 heterocycles. The van der Waals surface area contributed by atoms with Gasteiger partial charge in [-0.2, -0.15) is 0 Å². The molecule has 0 spiro atoms. The van der Waals surface area contributed by atoms with E-state index in [-0.39, 0.29) is 0 Å².